The zero-order valence-corrected chi connectivity index (χ0v) is 17.1. The lowest BCUT2D eigenvalue weighted by molar-refractivity contribution is -0.268. The normalized spacial score (nSPS) is 25.6. The zero-order chi connectivity index (χ0) is 23.2. The van der Waals surface area contributed by atoms with Crippen LogP contribution in [0.2, 0.25) is 0 Å². The molecule has 32 heavy (non-hydrogen) atoms. The maximum atomic E-state index is 12.6. The van der Waals surface area contributed by atoms with Crippen molar-refractivity contribution in [2.24, 2.45) is 0 Å². The van der Waals surface area contributed by atoms with Crippen LogP contribution in [0.4, 0.5) is 0 Å². The molecule has 0 saturated carbocycles. The summed E-state index contributed by atoms with van der Waals surface area (Å²) in [5, 5.41) is 50.4. The van der Waals surface area contributed by atoms with Crippen LogP contribution in [0.3, 0.4) is 0 Å². The molecule has 1 saturated heterocycles. The van der Waals surface area contributed by atoms with E-state index in [1.54, 1.807) is 24.3 Å². The number of aromatic hydroxyl groups is 2. The number of aliphatic hydroxyl groups is 3. The molecule has 0 spiro atoms. The second kappa shape index (κ2) is 8.32. The SMILES string of the molecule is COc1ccc(-c2cc(=O)c3c(O)c(O)c(O[C@H]4O[C@H](C)[C@@H](O)[C@H](O)[C@@H]4O)cc3o2)cc1. The molecule has 10 nitrogen and oxygen atoms in total. The molecule has 0 bridgehead atoms. The van der Waals surface area contributed by atoms with E-state index in [1.165, 1.54) is 20.1 Å². The van der Waals surface area contributed by atoms with E-state index in [-0.39, 0.29) is 22.5 Å². The van der Waals surface area contributed by atoms with E-state index in [4.69, 9.17) is 18.6 Å². The molecule has 1 aliphatic heterocycles. The maximum Gasteiger partial charge on any atom is 0.229 e. The summed E-state index contributed by atoms with van der Waals surface area (Å²) in [7, 11) is 1.52. The Kier molecular flexibility index (Phi) is 5.70. The first-order valence-electron chi connectivity index (χ1n) is 9.74. The summed E-state index contributed by atoms with van der Waals surface area (Å²) in [5.41, 5.74) is -0.123. The number of phenolic OH excluding ortho intramolecular Hbond substituents is 2. The predicted octanol–water partition coefficient (Wildman–Crippen LogP) is 1.09. The first kappa shape index (κ1) is 21.9. The van der Waals surface area contributed by atoms with Crippen LogP contribution in [0.5, 0.6) is 23.0 Å². The third kappa shape index (κ3) is 3.73. The Hall–Kier alpha value is -3.31. The Morgan fingerprint density at radius 1 is 0.938 bits per heavy atom. The van der Waals surface area contributed by atoms with E-state index in [0.29, 0.717) is 11.3 Å². The number of rotatable bonds is 4. The van der Waals surface area contributed by atoms with Crippen LogP contribution in [0, 0.1) is 0 Å². The predicted molar refractivity (Wildman–Crippen MR) is 111 cm³/mol. The van der Waals surface area contributed by atoms with Crippen LogP contribution in [0.1, 0.15) is 6.92 Å². The Labute approximate surface area is 181 Å². The third-order valence-corrected chi connectivity index (χ3v) is 5.36. The average molecular weight is 446 g/mol. The Morgan fingerprint density at radius 3 is 2.28 bits per heavy atom. The molecule has 0 unspecified atom stereocenters. The van der Waals surface area contributed by atoms with Crippen molar-refractivity contribution in [3.8, 4) is 34.3 Å². The lowest BCUT2D eigenvalue weighted by Gasteiger charge is -2.38. The number of hydrogen-bond donors (Lipinski definition) is 5. The van der Waals surface area contributed by atoms with E-state index < -0.39 is 47.6 Å². The Balaban J connectivity index is 1.75. The van der Waals surface area contributed by atoms with Crippen LogP contribution in [-0.2, 0) is 4.74 Å². The van der Waals surface area contributed by atoms with Gasteiger partial charge >= 0.3 is 0 Å². The summed E-state index contributed by atoms with van der Waals surface area (Å²) < 4.78 is 21.7. The molecular weight excluding hydrogens is 424 g/mol. The standard InChI is InChI=1S/C22H22O10/c1-9-17(24)20(27)21(28)22(30-9)32-15-8-14-16(19(26)18(15)25)12(23)7-13(31-14)10-3-5-11(29-2)6-4-10/h3-9,17,20-22,24-28H,1-2H3/t9-,17-,20+,21+,22-/m1/s1. The van der Waals surface area contributed by atoms with E-state index in [2.05, 4.69) is 0 Å². The number of aliphatic hydroxyl groups excluding tert-OH is 3. The number of hydrogen-bond acceptors (Lipinski definition) is 10. The fourth-order valence-electron chi connectivity index (χ4n) is 3.49. The van der Waals surface area contributed by atoms with Crippen molar-refractivity contribution < 1.29 is 44.2 Å². The molecule has 1 aromatic heterocycles. The molecule has 0 amide bonds. The van der Waals surface area contributed by atoms with Crippen molar-refractivity contribution in [3.05, 3.63) is 46.6 Å². The molecule has 2 heterocycles. The maximum absolute atomic E-state index is 12.6. The van der Waals surface area contributed by atoms with Gasteiger partial charge in [-0.1, -0.05) is 0 Å². The highest BCUT2D eigenvalue weighted by atomic mass is 16.7. The molecule has 10 heteroatoms. The van der Waals surface area contributed by atoms with Crippen LogP contribution in [0.25, 0.3) is 22.3 Å². The second-order valence-electron chi connectivity index (χ2n) is 7.45. The minimum absolute atomic E-state index is 0.0902. The van der Waals surface area contributed by atoms with Gasteiger partial charge in [0.15, 0.2) is 16.9 Å². The van der Waals surface area contributed by atoms with Crippen LogP contribution >= 0.6 is 0 Å². The van der Waals surface area contributed by atoms with E-state index in [9.17, 15) is 30.3 Å². The van der Waals surface area contributed by atoms with Gasteiger partial charge in [0.2, 0.25) is 12.0 Å². The van der Waals surface area contributed by atoms with Crippen LogP contribution in [0.15, 0.2) is 45.6 Å². The summed E-state index contributed by atoms with van der Waals surface area (Å²) in [5.74, 6) is -1.09. The van der Waals surface area contributed by atoms with Gasteiger partial charge < -0.3 is 44.2 Å². The first-order chi connectivity index (χ1) is 15.2. The first-order valence-corrected chi connectivity index (χ1v) is 9.74. The number of phenols is 2. The van der Waals surface area contributed by atoms with Gasteiger partial charge in [-0.05, 0) is 31.2 Å². The van der Waals surface area contributed by atoms with E-state index in [1.807, 2.05) is 0 Å². The molecular formula is C22H22O10. The highest BCUT2D eigenvalue weighted by Gasteiger charge is 2.43. The number of methoxy groups -OCH3 is 1. The van der Waals surface area contributed by atoms with Crippen molar-refractivity contribution in [1.29, 1.82) is 0 Å². The molecule has 2 aromatic carbocycles. The zero-order valence-electron chi connectivity index (χ0n) is 17.1. The molecule has 0 aliphatic carbocycles. The van der Waals surface area contributed by atoms with Crippen LogP contribution in [-0.4, -0.2) is 63.3 Å². The molecule has 170 valence electrons. The summed E-state index contributed by atoms with van der Waals surface area (Å²) in [6, 6.07) is 9.08. The topological polar surface area (TPSA) is 159 Å². The lowest BCUT2D eigenvalue weighted by atomic mass is 10.00. The third-order valence-electron chi connectivity index (χ3n) is 5.36. The summed E-state index contributed by atoms with van der Waals surface area (Å²) in [6.07, 6.45) is -6.89. The number of fused-ring (bicyclic) bond motifs is 1. The monoisotopic (exact) mass is 446 g/mol. The molecule has 3 aromatic rings. The fourth-order valence-corrected chi connectivity index (χ4v) is 3.49. The molecule has 5 atom stereocenters. The molecule has 1 fully saturated rings. The Morgan fingerprint density at radius 2 is 1.62 bits per heavy atom. The van der Waals surface area contributed by atoms with Gasteiger partial charge in [0.1, 0.15) is 40.8 Å². The second-order valence-corrected chi connectivity index (χ2v) is 7.45. The minimum atomic E-state index is -1.64. The van der Waals surface area contributed by atoms with Crippen molar-refractivity contribution in [1.82, 2.24) is 0 Å². The van der Waals surface area contributed by atoms with Gasteiger partial charge in [0.25, 0.3) is 0 Å². The van der Waals surface area contributed by atoms with Gasteiger partial charge in [0, 0.05) is 17.7 Å². The number of ether oxygens (including phenoxy) is 3. The van der Waals surface area contributed by atoms with Gasteiger partial charge in [-0.15, -0.1) is 0 Å². The summed E-state index contributed by atoms with van der Waals surface area (Å²) in [4.78, 5) is 12.6. The molecule has 4 rings (SSSR count). The highest BCUT2D eigenvalue weighted by Crippen LogP contribution is 2.42. The van der Waals surface area contributed by atoms with Gasteiger partial charge in [-0.2, -0.15) is 0 Å². The number of benzene rings is 2. The van der Waals surface area contributed by atoms with Crippen molar-refractivity contribution in [2.45, 2.75) is 37.6 Å². The van der Waals surface area contributed by atoms with E-state index in [0.717, 1.165) is 6.07 Å². The Bertz CT molecular complexity index is 1190. The largest absolute Gasteiger partial charge is 0.504 e. The summed E-state index contributed by atoms with van der Waals surface area (Å²) in [6.45, 7) is 1.47. The highest BCUT2D eigenvalue weighted by molar-refractivity contribution is 5.89. The molecule has 5 N–H and O–H groups in total. The van der Waals surface area contributed by atoms with Crippen molar-refractivity contribution in [2.75, 3.05) is 7.11 Å². The van der Waals surface area contributed by atoms with Crippen molar-refractivity contribution >= 4 is 11.0 Å². The van der Waals surface area contributed by atoms with Crippen LogP contribution < -0.4 is 14.9 Å². The van der Waals surface area contributed by atoms with Gasteiger partial charge in [-0.25, -0.2) is 0 Å². The minimum Gasteiger partial charge on any atom is -0.504 e. The quantitative estimate of drug-likeness (QED) is 0.367. The lowest BCUT2D eigenvalue weighted by Crippen LogP contribution is -2.58. The molecule has 0 radical (unpaired) electrons. The van der Waals surface area contributed by atoms with Gasteiger partial charge in [-0.3, -0.25) is 4.79 Å². The molecule has 1 aliphatic rings. The fraction of sp³-hybridized carbons (Fsp3) is 0.318. The van der Waals surface area contributed by atoms with Crippen molar-refractivity contribution in [3.63, 3.8) is 0 Å². The average Bonchev–Trinajstić information content (AvgIpc) is 2.78. The smallest absolute Gasteiger partial charge is 0.229 e. The summed E-state index contributed by atoms with van der Waals surface area (Å²) >= 11 is 0. The van der Waals surface area contributed by atoms with E-state index >= 15 is 0 Å². The van der Waals surface area contributed by atoms with Gasteiger partial charge in [0.05, 0.1) is 13.2 Å².